The van der Waals surface area contributed by atoms with Gasteiger partial charge in [-0.25, -0.2) is 0 Å². The maximum Gasteiger partial charge on any atom is 0.261 e. The summed E-state index contributed by atoms with van der Waals surface area (Å²) >= 11 is 0. The molecule has 3 aromatic rings. The van der Waals surface area contributed by atoms with Crippen LogP contribution in [0.25, 0.3) is 22.6 Å². The van der Waals surface area contributed by atoms with Gasteiger partial charge in [-0.05, 0) is 79.2 Å². The summed E-state index contributed by atoms with van der Waals surface area (Å²) in [7, 11) is 0. The summed E-state index contributed by atoms with van der Waals surface area (Å²) in [5, 5.41) is 10.0. The van der Waals surface area contributed by atoms with E-state index in [0.717, 1.165) is 28.6 Å². The molecule has 4 rings (SSSR count). The predicted molar refractivity (Wildman–Crippen MR) is 148 cm³/mol. The van der Waals surface area contributed by atoms with Crippen molar-refractivity contribution in [1.29, 1.82) is 0 Å². The third-order valence-electron chi connectivity index (χ3n) is 6.65. The molecule has 0 aliphatic heterocycles. The minimum atomic E-state index is 0.394. The van der Waals surface area contributed by atoms with Crippen LogP contribution in [0.2, 0.25) is 0 Å². The van der Waals surface area contributed by atoms with E-state index in [0.29, 0.717) is 11.7 Å². The van der Waals surface area contributed by atoms with Gasteiger partial charge in [0.05, 0.1) is 5.57 Å². The highest BCUT2D eigenvalue weighted by Gasteiger charge is 2.11. The molecule has 2 nitrogen and oxygen atoms in total. The number of aromatic nitrogens is 1. The molecular formula is C32H34NO+. The summed E-state index contributed by atoms with van der Waals surface area (Å²) in [5.74, 6) is 0.922. The van der Waals surface area contributed by atoms with Gasteiger partial charge in [-0.3, -0.25) is 0 Å². The van der Waals surface area contributed by atoms with Gasteiger partial charge in [0.15, 0.2) is 0 Å². The van der Waals surface area contributed by atoms with Gasteiger partial charge in [0, 0.05) is 23.2 Å². The number of benzene rings is 2. The normalized spacial score (nSPS) is 17.2. The summed E-state index contributed by atoms with van der Waals surface area (Å²) < 4.78 is 0. The fourth-order valence-electron chi connectivity index (χ4n) is 4.05. The van der Waals surface area contributed by atoms with Gasteiger partial charge >= 0.3 is 0 Å². The second-order valence-corrected chi connectivity index (χ2v) is 9.12. The average Bonchev–Trinajstić information content (AvgIpc) is 3.17. The zero-order chi connectivity index (χ0) is 24.1. The van der Waals surface area contributed by atoms with Crippen LogP contribution in [0, 0.1) is 19.8 Å². The Labute approximate surface area is 203 Å². The topological polar surface area (TPSA) is 38.7 Å². The van der Waals surface area contributed by atoms with E-state index in [1.807, 2.05) is 12.1 Å². The molecule has 34 heavy (non-hydrogen) atoms. The quantitative estimate of drug-likeness (QED) is 0.226. The molecule has 1 aliphatic carbocycles. The van der Waals surface area contributed by atoms with E-state index in [-0.39, 0.29) is 0 Å². The number of para-hydroxylation sites is 1. The molecule has 0 fully saturated rings. The van der Waals surface area contributed by atoms with Crippen molar-refractivity contribution >= 4 is 22.6 Å². The summed E-state index contributed by atoms with van der Waals surface area (Å²) in [6.07, 6.45) is 19.9. The molecule has 0 spiro atoms. The van der Waals surface area contributed by atoms with Crippen LogP contribution in [0.4, 0.5) is 0 Å². The monoisotopic (exact) mass is 448 g/mol. The zero-order valence-electron chi connectivity index (χ0n) is 20.5. The van der Waals surface area contributed by atoms with Gasteiger partial charge in [0.1, 0.15) is 0 Å². The van der Waals surface area contributed by atoms with Gasteiger partial charge in [0.25, 0.3) is 5.76 Å². The van der Waals surface area contributed by atoms with Crippen molar-refractivity contribution < 1.29 is 5.11 Å². The molecule has 1 heterocycles. The summed E-state index contributed by atoms with van der Waals surface area (Å²) in [5.41, 5.74) is 9.35. The third kappa shape index (κ3) is 5.40. The Hall–Kier alpha value is -3.78. The molecule has 1 atom stereocenters. The lowest BCUT2D eigenvalue weighted by Gasteiger charge is -2.07. The molecule has 0 saturated carbocycles. The van der Waals surface area contributed by atoms with Gasteiger partial charge < -0.3 is 10.1 Å². The third-order valence-corrected chi connectivity index (χ3v) is 6.65. The number of aryl methyl sites for hydroxylation is 2. The van der Waals surface area contributed by atoms with Crippen LogP contribution in [-0.2, 0) is 0 Å². The number of hydrogen-bond acceptors (Lipinski definition) is 0. The molecule has 0 saturated heterocycles. The number of allylic oxidation sites excluding steroid dienone is 9. The fraction of sp³-hybridized carbons (Fsp3) is 0.188. The zero-order valence-corrected chi connectivity index (χ0v) is 20.5. The molecule has 172 valence electrons. The average molecular weight is 449 g/mol. The van der Waals surface area contributed by atoms with Crippen LogP contribution in [0.1, 0.15) is 42.5 Å². The second kappa shape index (κ2) is 10.4. The lowest BCUT2D eigenvalue weighted by atomic mass is 9.98. The highest BCUT2D eigenvalue weighted by atomic mass is 16.3. The van der Waals surface area contributed by atoms with Gasteiger partial charge in [-0.2, -0.15) is 0 Å². The van der Waals surface area contributed by atoms with Crippen molar-refractivity contribution in [1.82, 2.24) is 4.98 Å². The molecule has 2 aromatic carbocycles. The summed E-state index contributed by atoms with van der Waals surface area (Å²) in [6, 6.07) is 14.9. The molecule has 0 amide bonds. The lowest BCUT2D eigenvalue weighted by Crippen LogP contribution is -1.91. The fourth-order valence-corrected chi connectivity index (χ4v) is 4.05. The van der Waals surface area contributed by atoms with Crippen LogP contribution in [0.15, 0.2) is 108 Å². The molecule has 1 aliphatic rings. The Morgan fingerprint density at radius 2 is 1.85 bits per heavy atom. The minimum Gasteiger partial charge on any atom is -0.593 e. The first kappa shape index (κ1) is 23.4. The van der Waals surface area contributed by atoms with Crippen LogP contribution >= 0.6 is 0 Å². The van der Waals surface area contributed by atoms with E-state index in [2.05, 4.69) is 118 Å². The van der Waals surface area contributed by atoms with E-state index >= 15 is 0 Å². The number of fused-ring (bicyclic) bond motifs is 1. The number of hydrogen-bond donors (Lipinski definition) is 1. The molecule has 0 radical (unpaired) electrons. The van der Waals surface area contributed by atoms with E-state index in [9.17, 15) is 0 Å². The maximum atomic E-state index is 8.80. The highest BCUT2D eigenvalue weighted by Crippen LogP contribution is 2.26. The first-order valence-electron chi connectivity index (χ1n) is 11.9. The lowest BCUT2D eigenvalue weighted by molar-refractivity contribution is 0.427. The van der Waals surface area contributed by atoms with E-state index in [1.165, 1.54) is 27.6 Å². The minimum absolute atomic E-state index is 0.394. The van der Waals surface area contributed by atoms with Crippen molar-refractivity contribution in [2.75, 3.05) is 0 Å². The summed E-state index contributed by atoms with van der Waals surface area (Å²) in [6.45, 7) is 8.61. The van der Waals surface area contributed by atoms with Gasteiger partial charge in [-0.15, -0.1) is 0 Å². The number of H-pyrrole nitrogens is 1. The molecule has 1 unspecified atom stereocenters. The van der Waals surface area contributed by atoms with Crippen molar-refractivity contribution in [3.8, 4) is 0 Å². The Bertz CT molecular complexity index is 1370. The molecule has 3 N–H and O–H groups in total. The van der Waals surface area contributed by atoms with E-state index in [1.54, 1.807) is 0 Å². The number of aromatic amines is 1. The number of rotatable bonds is 6. The van der Waals surface area contributed by atoms with Crippen LogP contribution in [-0.4, -0.2) is 10.1 Å². The first-order valence-corrected chi connectivity index (χ1v) is 11.9. The summed E-state index contributed by atoms with van der Waals surface area (Å²) in [4.78, 5) is 3.33. The standard InChI is InChI=1S/C32H33NO/c1-22-13-16-26(17-14-23(22)2)32(34)20-27(28-18-15-24(3)25(4)19-28)9-5-6-10-29-21-33-31-12-8-7-11-30(29)31/h6-22,33-34H,5H2,1-4H3/p+1/b10-6+,27-9+,32-20-. The highest BCUT2D eigenvalue weighted by molar-refractivity contribution is 5.88. The van der Waals surface area contributed by atoms with Crippen molar-refractivity contribution in [3.63, 3.8) is 0 Å². The largest absolute Gasteiger partial charge is 0.593 e. The predicted octanol–water partition coefficient (Wildman–Crippen LogP) is 7.96. The molecule has 2 heteroatoms. The van der Waals surface area contributed by atoms with Crippen LogP contribution in [0.3, 0.4) is 0 Å². The van der Waals surface area contributed by atoms with Crippen molar-refractivity contribution in [2.45, 2.75) is 34.1 Å². The van der Waals surface area contributed by atoms with Gasteiger partial charge in [0.2, 0.25) is 0 Å². The second-order valence-electron chi connectivity index (χ2n) is 9.12. The molecule has 0 bridgehead atoms. The van der Waals surface area contributed by atoms with Crippen LogP contribution < -0.4 is 0 Å². The smallest absolute Gasteiger partial charge is 0.261 e. The Kier molecular flexibility index (Phi) is 7.18. The molecule has 1 aromatic heterocycles. The SMILES string of the molecule is CC1=CC=C(/C([OH2+])=C/C(=C\C/C=C/c2c[nH]c3ccccc23)c2ccc(C)c(C)c2)C=CC1C. The van der Waals surface area contributed by atoms with E-state index in [4.69, 9.17) is 5.11 Å². The van der Waals surface area contributed by atoms with Gasteiger partial charge in [-0.1, -0.05) is 79.3 Å². The number of nitrogens with one attached hydrogen (secondary N) is 1. The Morgan fingerprint density at radius 1 is 1.03 bits per heavy atom. The Balaban J connectivity index is 1.64. The van der Waals surface area contributed by atoms with E-state index < -0.39 is 0 Å². The maximum absolute atomic E-state index is 8.80. The molecular weight excluding hydrogens is 414 g/mol. The van der Waals surface area contributed by atoms with Crippen molar-refractivity contribution in [3.05, 3.63) is 130 Å². The Morgan fingerprint density at radius 3 is 2.68 bits per heavy atom. The van der Waals surface area contributed by atoms with Crippen LogP contribution in [0.5, 0.6) is 0 Å². The first-order chi connectivity index (χ1) is 16.4. The van der Waals surface area contributed by atoms with Crippen molar-refractivity contribution in [2.24, 2.45) is 5.92 Å².